The molecule has 0 rings (SSSR count). The third kappa shape index (κ3) is 38.8. The maximum Gasteiger partial charge on any atom is 0.469 e. The van der Waals surface area contributed by atoms with Crippen molar-refractivity contribution in [3.8, 4) is 0 Å². The molecule has 0 fully saturated rings. The van der Waals surface area contributed by atoms with Crippen LogP contribution in [-0.4, -0.2) is 41.0 Å². The van der Waals surface area contributed by atoms with Crippen molar-refractivity contribution in [3.63, 3.8) is 0 Å². The second-order valence-electron chi connectivity index (χ2n) is 13.2. The van der Waals surface area contributed by atoms with Gasteiger partial charge in [0.1, 0.15) is 6.61 Å². The molecule has 0 aliphatic carbocycles. The topological polar surface area (TPSA) is 119 Å². The molecule has 0 saturated heterocycles. The summed E-state index contributed by atoms with van der Waals surface area (Å²) in [6.45, 7) is 3.62. The van der Waals surface area contributed by atoms with Crippen LogP contribution in [0.3, 0.4) is 0 Å². The third-order valence-electron chi connectivity index (χ3n) is 8.32. The van der Waals surface area contributed by atoms with Crippen molar-refractivity contribution in [2.24, 2.45) is 0 Å². The third-order valence-corrected chi connectivity index (χ3v) is 8.81. The van der Waals surface area contributed by atoms with Crippen molar-refractivity contribution in [1.82, 2.24) is 0 Å². The van der Waals surface area contributed by atoms with Crippen molar-refractivity contribution in [1.29, 1.82) is 0 Å². The van der Waals surface area contributed by atoms with Gasteiger partial charge < -0.3 is 19.3 Å². The average Bonchev–Trinajstić information content (AvgIpc) is 3.08. The highest BCUT2D eigenvalue weighted by Gasteiger charge is 2.22. The Balaban J connectivity index is 4.02. The molecule has 0 radical (unpaired) electrons. The predicted molar refractivity (Wildman–Crippen MR) is 207 cm³/mol. The van der Waals surface area contributed by atoms with Gasteiger partial charge in [0, 0.05) is 12.8 Å². The lowest BCUT2D eigenvalue weighted by atomic mass is 10.1. The second kappa shape index (κ2) is 36.8. The second-order valence-corrected chi connectivity index (χ2v) is 14.5. The maximum absolute atomic E-state index is 12.4. The van der Waals surface area contributed by atoms with Crippen molar-refractivity contribution in [2.75, 3.05) is 13.2 Å². The van der Waals surface area contributed by atoms with Gasteiger partial charge in [-0.15, -0.1) is 0 Å². The van der Waals surface area contributed by atoms with Crippen molar-refractivity contribution >= 4 is 19.8 Å². The number of phosphoric ester groups is 1. The minimum absolute atomic E-state index is 0.186. The van der Waals surface area contributed by atoms with E-state index in [1.807, 2.05) is 0 Å². The van der Waals surface area contributed by atoms with Gasteiger partial charge in [0.05, 0.1) is 6.61 Å². The Morgan fingerprint density at radius 1 is 0.520 bits per heavy atom. The first-order chi connectivity index (χ1) is 24.3. The van der Waals surface area contributed by atoms with Crippen molar-refractivity contribution < 1.29 is 37.9 Å². The fourth-order valence-electron chi connectivity index (χ4n) is 5.31. The van der Waals surface area contributed by atoms with Gasteiger partial charge >= 0.3 is 19.8 Å². The molecular weight excluding hydrogens is 651 g/mol. The first-order valence-corrected chi connectivity index (χ1v) is 21.5. The molecule has 0 aromatic rings. The summed E-state index contributed by atoms with van der Waals surface area (Å²) >= 11 is 0. The van der Waals surface area contributed by atoms with Gasteiger partial charge in [-0.1, -0.05) is 140 Å². The maximum atomic E-state index is 12.4. The van der Waals surface area contributed by atoms with Crippen molar-refractivity contribution in [2.45, 2.75) is 187 Å². The molecule has 50 heavy (non-hydrogen) atoms. The van der Waals surface area contributed by atoms with E-state index in [1.165, 1.54) is 77.0 Å². The van der Waals surface area contributed by atoms with Crippen LogP contribution in [0.15, 0.2) is 48.6 Å². The van der Waals surface area contributed by atoms with E-state index in [4.69, 9.17) is 19.3 Å². The van der Waals surface area contributed by atoms with E-state index in [1.54, 1.807) is 0 Å². The molecule has 0 bridgehead atoms. The number of unbranched alkanes of at least 4 members (excludes halogenated alkanes) is 18. The van der Waals surface area contributed by atoms with Gasteiger partial charge in [-0.2, -0.15) is 0 Å². The average molecular weight is 725 g/mol. The molecule has 0 saturated carbocycles. The summed E-state index contributed by atoms with van der Waals surface area (Å²) in [7, 11) is -4.76. The summed E-state index contributed by atoms with van der Waals surface area (Å²) < 4.78 is 26.3. The van der Waals surface area contributed by atoms with Gasteiger partial charge in [0.15, 0.2) is 6.10 Å². The summed E-state index contributed by atoms with van der Waals surface area (Å²) in [5, 5.41) is 0. The molecule has 0 aromatic carbocycles. The lowest BCUT2D eigenvalue weighted by molar-refractivity contribution is -0.161. The largest absolute Gasteiger partial charge is 0.469 e. The minimum Gasteiger partial charge on any atom is -0.462 e. The molecule has 9 heteroatoms. The SMILES string of the molecule is CCCCC/C=C/C/C=C/C/C=C/CCCCCCC(=O)OC[C@H](COP(=O)(O)O)OC(=O)CCCCC/C=C/CCCCCCCCCC. The number of esters is 2. The number of carbonyl (C=O) groups excluding carboxylic acids is 2. The minimum atomic E-state index is -4.76. The van der Waals surface area contributed by atoms with E-state index in [-0.39, 0.29) is 19.4 Å². The van der Waals surface area contributed by atoms with Crippen LogP contribution < -0.4 is 0 Å². The molecule has 1 atom stereocenters. The summed E-state index contributed by atoms with van der Waals surface area (Å²) in [5.74, 6) is -0.929. The van der Waals surface area contributed by atoms with Gasteiger partial charge in [-0.3, -0.25) is 14.1 Å². The predicted octanol–water partition coefficient (Wildman–Crippen LogP) is 12.0. The highest BCUT2D eigenvalue weighted by molar-refractivity contribution is 7.46. The quantitative estimate of drug-likeness (QED) is 0.0284. The number of phosphoric acid groups is 1. The molecule has 0 aliphatic rings. The fourth-order valence-corrected chi connectivity index (χ4v) is 5.67. The zero-order chi connectivity index (χ0) is 36.8. The standard InChI is InChI=1S/C41H73O8P/c1-3-5-7-9-11-13-15-17-19-20-22-23-25-27-29-31-33-35-40(42)47-37-39(38-48-50(44,45)46)49-41(43)36-34-32-30-28-26-24-21-18-16-14-12-10-8-6-4-2/h11,13,17,19,22-24,26,39H,3-10,12,14-16,18,20-21,25,27-38H2,1-2H3,(H2,44,45,46)/b13-11+,19-17+,23-22+,26-24+/t39-/m1/s1. The Morgan fingerprint density at radius 2 is 0.900 bits per heavy atom. The van der Waals surface area contributed by atoms with E-state index in [0.717, 1.165) is 64.2 Å². The van der Waals surface area contributed by atoms with Crippen LogP contribution in [0, 0.1) is 0 Å². The number of hydrogen-bond donors (Lipinski definition) is 2. The zero-order valence-corrected chi connectivity index (χ0v) is 32.7. The lowest BCUT2D eigenvalue weighted by Crippen LogP contribution is -2.29. The Hall–Kier alpha value is -1.99. The molecule has 2 N–H and O–H groups in total. The van der Waals surface area contributed by atoms with Gasteiger partial charge in [-0.25, -0.2) is 4.57 Å². The van der Waals surface area contributed by atoms with Gasteiger partial charge in [-0.05, 0) is 77.0 Å². The van der Waals surface area contributed by atoms with Crippen LogP contribution in [0.1, 0.15) is 181 Å². The molecule has 0 heterocycles. The number of ether oxygens (including phenoxy) is 2. The Labute approximate surface area is 305 Å². The van der Waals surface area contributed by atoms with Crippen molar-refractivity contribution in [3.05, 3.63) is 48.6 Å². The van der Waals surface area contributed by atoms with E-state index >= 15 is 0 Å². The summed E-state index contributed by atoms with van der Waals surface area (Å²) in [5.41, 5.74) is 0. The van der Waals surface area contributed by atoms with Crippen LogP contribution >= 0.6 is 7.82 Å². The molecule has 8 nitrogen and oxygen atoms in total. The molecule has 0 unspecified atom stereocenters. The van der Waals surface area contributed by atoms with Crippen LogP contribution in [0.5, 0.6) is 0 Å². The van der Waals surface area contributed by atoms with E-state index in [2.05, 4.69) is 67.0 Å². The van der Waals surface area contributed by atoms with Crippen LogP contribution in [0.4, 0.5) is 0 Å². The Bertz CT molecular complexity index is 952. The molecule has 0 spiro atoms. The number of rotatable bonds is 36. The molecule has 0 aromatic heterocycles. The Kier molecular flexibility index (Phi) is 35.3. The molecular formula is C41H73O8P. The normalized spacial score (nSPS) is 13.0. The zero-order valence-electron chi connectivity index (χ0n) is 31.8. The summed E-state index contributed by atoms with van der Waals surface area (Å²) in [4.78, 5) is 42.7. The fraction of sp³-hybridized carbons (Fsp3) is 0.756. The highest BCUT2D eigenvalue weighted by Crippen LogP contribution is 2.36. The number of carbonyl (C=O) groups is 2. The summed E-state index contributed by atoms with van der Waals surface area (Å²) in [6.07, 6.45) is 44.0. The van der Waals surface area contributed by atoms with Gasteiger partial charge in [0.25, 0.3) is 0 Å². The number of allylic oxidation sites excluding steroid dienone is 8. The molecule has 0 amide bonds. The Morgan fingerprint density at radius 3 is 1.42 bits per heavy atom. The smallest absolute Gasteiger partial charge is 0.462 e. The van der Waals surface area contributed by atoms with Crippen LogP contribution in [0.2, 0.25) is 0 Å². The van der Waals surface area contributed by atoms with Crippen LogP contribution in [0.25, 0.3) is 0 Å². The van der Waals surface area contributed by atoms with E-state index < -0.39 is 32.5 Å². The number of hydrogen-bond acceptors (Lipinski definition) is 6. The molecule has 0 aliphatic heterocycles. The molecule has 290 valence electrons. The highest BCUT2D eigenvalue weighted by atomic mass is 31.2. The summed E-state index contributed by atoms with van der Waals surface area (Å²) in [6, 6.07) is 0. The lowest BCUT2D eigenvalue weighted by Gasteiger charge is -2.18. The first kappa shape index (κ1) is 48.0. The first-order valence-electron chi connectivity index (χ1n) is 19.9. The van der Waals surface area contributed by atoms with Gasteiger partial charge in [0.2, 0.25) is 0 Å². The van der Waals surface area contributed by atoms with E-state index in [0.29, 0.717) is 12.8 Å². The van der Waals surface area contributed by atoms with Crippen LogP contribution in [-0.2, 0) is 28.2 Å². The monoisotopic (exact) mass is 725 g/mol. The van der Waals surface area contributed by atoms with E-state index in [9.17, 15) is 14.2 Å².